The molecule has 0 saturated carbocycles. The Kier molecular flexibility index (Phi) is 9.78. The molecule has 5 nitrogen and oxygen atoms in total. The molecule has 0 unspecified atom stereocenters. The fourth-order valence-electron chi connectivity index (χ4n) is 6.98. The Labute approximate surface area is 357 Å². The van der Waals surface area contributed by atoms with Crippen molar-refractivity contribution >= 4 is 46.4 Å². The first kappa shape index (κ1) is 33.7. The molecule has 287 valence electrons. The summed E-state index contributed by atoms with van der Waals surface area (Å²) in [6.07, 6.45) is 0.328. The number of aromatic nitrogens is 4. The first-order valence-corrected chi connectivity index (χ1v) is 22.4. The van der Waals surface area contributed by atoms with E-state index in [9.17, 15) is 0 Å². The van der Waals surface area contributed by atoms with Gasteiger partial charge in [0.25, 0.3) is 0 Å². The molecule has 0 aliphatic rings. The van der Waals surface area contributed by atoms with Crippen molar-refractivity contribution in [3.8, 4) is 39.5 Å². The van der Waals surface area contributed by atoms with E-state index in [-0.39, 0.29) is 31.6 Å². The van der Waals surface area contributed by atoms with Crippen LogP contribution in [0.1, 0.15) is 37.5 Å². The molecule has 0 fully saturated rings. The molecule has 9 rings (SSSR count). The van der Waals surface area contributed by atoms with Crippen LogP contribution in [-0.4, -0.2) is 27.6 Å². The van der Waals surface area contributed by atoms with Gasteiger partial charge < -0.3 is 14.0 Å². The van der Waals surface area contributed by atoms with Gasteiger partial charge in [0, 0.05) is 49.9 Å². The van der Waals surface area contributed by atoms with Gasteiger partial charge in [-0.25, -0.2) is 4.98 Å². The van der Waals surface area contributed by atoms with E-state index in [1.807, 2.05) is 69.3 Å². The number of benzene rings is 5. The molecule has 57 heavy (non-hydrogen) atoms. The maximum Gasteiger partial charge on any atom is 0.216 e. The van der Waals surface area contributed by atoms with Crippen LogP contribution in [0.5, 0.6) is 0 Å². The second-order valence-corrected chi connectivity index (χ2v) is 20.4. The largest absolute Gasteiger partial charge is 0.486 e. The Morgan fingerprint density at radius 2 is 1.58 bits per heavy atom. The zero-order chi connectivity index (χ0) is 43.3. The van der Waals surface area contributed by atoms with Crippen LogP contribution in [0.15, 0.2) is 138 Å². The number of para-hydroxylation sites is 2. The minimum Gasteiger partial charge on any atom is -0.486 e. The number of pyridine rings is 2. The predicted molar refractivity (Wildman–Crippen MR) is 235 cm³/mol. The number of aryl methyl sites for hydroxylation is 2. The second kappa shape index (κ2) is 16.6. The van der Waals surface area contributed by atoms with E-state index in [0.29, 0.717) is 22.5 Å². The number of hydrogen-bond acceptors (Lipinski definition) is 4. The topological polar surface area (TPSA) is 56.7 Å². The fourth-order valence-corrected chi connectivity index (χ4v) is 8.39. The Morgan fingerprint density at radius 3 is 2.30 bits per heavy atom. The summed E-state index contributed by atoms with van der Waals surface area (Å²) in [6, 6.07) is 48.2. The summed E-state index contributed by atoms with van der Waals surface area (Å²) in [6.45, 7) is 10.1. The summed E-state index contributed by atoms with van der Waals surface area (Å²) in [5.74, 6) is 0.620. The number of hydrogen-bond donors (Lipinski definition) is 0. The van der Waals surface area contributed by atoms with E-state index in [0.717, 1.165) is 55.3 Å². The maximum atomic E-state index is 8.59. The summed E-state index contributed by atoms with van der Waals surface area (Å²) in [5.41, 5.74) is 10.7. The molecular formula is C50H46IrN4OSi-2. The van der Waals surface area contributed by atoms with Gasteiger partial charge >= 0.3 is 0 Å². The summed E-state index contributed by atoms with van der Waals surface area (Å²) in [4.78, 5) is 14.2. The molecule has 4 heterocycles. The van der Waals surface area contributed by atoms with Gasteiger partial charge in [-0.1, -0.05) is 118 Å². The second-order valence-electron chi connectivity index (χ2n) is 15.3. The van der Waals surface area contributed by atoms with E-state index in [4.69, 9.17) is 16.3 Å². The maximum absolute atomic E-state index is 8.59. The Balaban J connectivity index is 0.000000193. The molecule has 1 radical (unpaired) electrons. The third-order valence-corrected chi connectivity index (χ3v) is 11.7. The minimum atomic E-state index is -2.16. The summed E-state index contributed by atoms with van der Waals surface area (Å²) < 4.78 is 48.0. The molecule has 0 atom stereocenters. The molecular weight excluding hydrogens is 893 g/mol. The molecule has 0 N–H and O–H groups in total. The Hall–Kier alpha value is -5.46. The van der Waals surface area contributed by atoms with Gasteiger partial charge in [0.05, 0.1) is 30.5 Å². The molecule has 5 aromatic carbocycles. The number of fused-ring (bicyclic) bond motifs is 4. The number of furan rings is 1. The normalized spacial score (nSPS) is 13.3. The SMILES string of the molecule is Cc1ccc2c(n1)oc1c(-c3nc4ccccc4n3-c3ccc(-c4ccccc4)cc3)[c-]ccc12.[2H]C([2H])([2H])c1c[c-]c(-c2cc(C([2H])([2H])C(C)C)c([Si](C)(C)C)cn2)cc1.[Ir]. The molecule has 0 aliphatic carbocycles. The van der Waals surface area contributed by atoms with Crippen LogP contribution in [0.2, 0.25) is 19.6 Å². The van der Waals surface area contributed by atoms with Crippen LogP contribution in [0.25, 0.3) is 72.6 Å². The van der Waals surface area contributed by atoms with Gasteiger partial charge in [0.1, 0.15) is 0 Å². The fraction of sp³-hybridized carbons (Fsp3) is 0.180. The van der Waals surface area contributed by atoms with E-state index < -0.39 is 21.3 Å². The zero-order valence-electron chi connectivity index (χ0n) is 37.8. The van der Waals surface area contributed by atoms with E-state index >= 15 is 0 Å². The van der Waals surface area contributed by atoms with Crippen molar-refractivity contribution in [2.75, 3.05) is 0 Å². The van der Waals surface area contributed by atoms with Crippen LogP contribution in [-0.2, 0) is 26.5 Å². The van der Waals surface area contributed by atoms with Gasteiger partial charge in [-0.05, 0) is 77.6 Å². The molecule has 4 aromatic heterocycles. The van der Waals surface area contributed by atoms with Crippen molar-refractivity contribution in [3.05, 3.63) is 163 Å². The van der Waals surface area contributed by atoms with E-state index in [1.165, 1.54) is 17.2 Å². The zero-order valence-corrected chi connectivity index (χ0v) is 36.2. The quantitative estimate of drug-likeness (QED) is 0.118. The number of rotatable bonds is 7. The Bertz CT molecular complexity index is 3010. The molecule has 0 bridgehead atoms. The van der Waals surface area contributed by atoms with Crippen molar-refractivity contribution in [2.24, 2.45) is 5.92 Å². The van der Waals surface area contributed by atoms with Crippen molar-refractivity contribution < 1.29 is 31.4 Å². The third kappa shape index (κ3) is 8.33. The van der Waals surface area contributed by atoms with Crippen molar-refractivity contribution in [2.45, 2.75) is 53.6 Å². The molecule has 0 amide bonds. The molecule has 0 saturated heterocycles. The Morgan fingerprint density at radius 1 is 0.825 bits per heavy atom. The van der Waals surface area contributed by atoms with Gasteiger partial charge in [0.2, 0.25) is 5.71 Å². The summed E-state index contributed by atoms with van der Waals surface area (Å²) >= 11 is 0. The average Bonchev–Trinajstić information content (AvgIpc) is 3.82. The molecule has 0 aliphatic heterocycles. The monoisotopic (exact) mass is 944 g/mol. The summed E-state index contributed by atoms with van der Waals surface area (Å²) in [7, 11) is -1.78. The molecule has 0 spiro atoms. The van der Waals surface area contributed by atoms with Gasteiger partial charge in [-0.2, -0.15) is 0 Å². The first-order chi connectivity index (χ1) is 29.0. The number of imidazole rings is 1. The van der Waals surface area contributed by atoms with Crippen LogP contribution in [0.4, 0.5) is 0 Å². The average molecular weight is 944 g/mol. The molecule has 7 heteroatoms. The smallest absolute Gasteiger partial charge is 0.216 e. The van der Waals surface area contributed by atoms with Crippen molar-refractivity contribution in [3.63, 3.8) is 0 Å². The van der Waals surface area contributed by atoms with Crippen LogP contribution in [0, 0.1) is 31.8 Å². The minimum absolute atomic E-state index is 0. The summed E-state index contributed by atoms with van der Waals surface area (Å²) in [5, 5.41) is 3.02. The van der Waals surface area contributed by atoms with Crippen LogP contribution < -0.4 is 5.19 Å². The van der Waals surface area contributed by atoms with Crippen LogP contribution >= 0.6 is 0 Å². The first-order valence-electron chi connectivity index (χ1n) is 21.4. The van der Waals surface area contributed by atoms with Gasteiger partial charge in [-0.15, -0.1) is 53.6 Å². The van der Waals surface area contributed by atoms with Crippen LogP contribution in [0.3, 0.4) is 0 Å². The standard InChI is InChI=1S/C31H20N3O.C19H26NSi.Ir/c1-20-14-19-25-24-10-7-11-26(29(24)35-31(25)32-20)30-33-27-12-5-6-13-28(27)34(30)23-17-15-22(16-18-23)21-8-3-2-4-9-21;1-14(2)11-17-12-18(16-9-7-15(3)8-10-16)20-13-19(17)21(4,5)6;/h2-10,12-19H,1H3;7-9,12-14H,11H2,1-6H3;/q2*-1;/i;3D3,11D2;. The third-order valence-electron chi connectivity index (χ3n) is 9.70. The van der Waals surface area contributed by atoms with Gasteiger partial charge in [-0.3, -0.25) is 4.98 Å². The van der Waals surface area contributed by atoms with Crippen molar-refractivity contribution in [1.29, 1.82) is 0 Å². The predicted octanol–water partition coefficient (Wildman–Crippen LogP) is 12.4. The molecule has 9 aromatic rings. The van der Waals surface area contributed by atoms with E-state index in [2.05, 4.69) is 107 Å². The number of nitrogens with zero attached hydrogens (tertiary/aromatic N) is 4. The van der Waals surface area contributed by atoms with E-state index in [1.54, 1.807) is 18.3 Å². The van der Waals surface area contributed by atoms with Crippen molar-refractivity contribution in [1.82, 2.24) is 19.5 Å². The van der Waals surface area contributed by atoms with Gasteiger partial charge in [0.15, 0.2) is 0 Å².